The maximum atomic E-state index is 13.1. The summed E-state index contributed by atoms with van der Waals surface area (Å²) >= 11 is 0. The number of aliphatic hydroxyl groups is 1. The molecule has 0 aliphatic carbocycles. The van der Waals surface area contributed by atoms with Gasteiger partial charge in [0.25, 0.3) is 5.91 Å². The maximum absolute atomic E-state index is 13.1. The van der Waals surface area contributed by atoms with Gasteiger partial charge in [-0.05, 0) is 25.0 Å². The van der Waals surface area contributed by atoms with E-state index in [4.69, 9.17) is 0 Å². The summed E-state index contributed by atoms with van der Waals surface area (Å²) in [7, 11) is 0. The van der Waals surface area contributed by atoms with Crippen molar-refractivity contribution in [3.63, 3.8) is 0 Å². The highest BCUT2D eigenvalue weighted by atomic mass is 19.4. The molecule has 2 saturated heterocycles. The van der Waals surface area contributed by atoms with Gasteiger partial charge in [0.15, 0.2) is 0 Å². The SMILES string of the molecule is O=C(c1cc(CO)nc(C(F)(F)F)n1)N1CCC(N2CC(n3cc(-c4ncnc5[nH]ccc45)cn3)C2)CC1. The van der Waals surface area contributed by atoms with Crippen LogP contribution in [0.4, 0.5) is 13.2 Å². The predicted octanol–water partition coefficient (Wildman–Crippen LogP) is 2.28. The zero-order chi connectivity index (χ0) is 26.4. The molecule has 0 spiro atoms. The van der Waals surface area contributed by atoms with Crippen LogP contribution in [0.15, 0.2) is 37.1 Å². The molecule has 2 aliphatic heterocycles. The molecule has 6 rings (SSSR count). The van der Waals surface area contributed by atoms with E-state index in [0.29, 0.717) is 25.9 Å². The number of nitrogens with zero attached hydrogens (tertiary/aromatic N) is 8. The molecule has 0 radical (unpaired) electrons. The third-order valence-electron chi connectivity index (χ3n) is 7.18. The van der Waals surface area contributed by atoms with E-state index in [1.165, 1.54) is 11.2 Å². The van der Waals surface area contributed by atoms with Crippen molar-refractivity contribution in [1.29, 1.82) is 0 Å². The van der Waals surface area contributed by atoms with Crippen molar-refractivity contribution in [3.8, 4) is 11.3 Å². The lowest BCUT2D eigenvalue weighted by Gasteiger charge is -2.47. The first-order valence-electron chi connectivity index (χ1n) is 12.2. The summed E-state index contributed by atoms with van der Waals surface area (Å²) < 4.78 is 41.3. The van der Waals surface area contributed by atoms with Gasteiger partial charge in [-0.15, -0.1) is 0 Å². The molecule has 198 valence electrons. The average Bonchev–Trinajstić information content (AvgIpc) is 3.57. The zero-order valence-corrected chi connectivity index (χ0v) is 20.1. The third-order valence-corrected chi connectivity index (χ3v) is 7.18. The van der Waals surface area contributed by atoms with Crippen LogP contribution in [0.5, 0.6) is 0 Å². The number of fused-ring (bicyclic) bond motifs is 1. The highest BCUT2D eigenvalue weighted by molar-refractivity contribution is 5.92. The van der Waals surface area contributed by atoms with E-state index in [9.17, 15) is 23.1 Å². The van der Waals surface area contributed by atoms with Gasteiger partial charge in [0.05, 0.1) is 30.2 Å². The first-order valence-corrected chi connectivity index (χ1v) is 12.2. The van der Waals surface area contributed by atoms with E-state index in [2.05, 4.69) is 34.9 Å². The molecular formula is C24H24F3N9O2. The first-order chi connectivity index (χ1) is 18.3. The number of aliphatic hydroxyl groups excluding tert-OH is 1. The van der Waals surface area contributed by atoms with E-state index in [-0.39, 0.29) is 23.5 Å². The van der Waals surface area contributed by atoms with Gasteiger partial charge in [-0.25, -0.2) is 19.9 Å². The number of amides is 1. The fraction of sp³-hybridized carbons (Fsp3) is 0.417. The molecule has 2 N–H and O–H groups in total. The number of rotatable bonds is 5. The third kappa shape index (κ3) is 4.49. The number of carbonyl (C=O) groups excluding carboxylic acids is 1. The van der Waals surface area contributed by atoms with Gasteiger partial charge in [-0.2, -0.15) is 18.3 Å². The average molecular weight is 528 g/mol. The number of aromatic amines is 1. The molecule has 14 heteroatoms. The largest absolute Gasteiger partial charge is 0.451 e. The lowest BCUT2D eigenvalue weighted by atomic mass is 9.97. The Morgan fingerprint density at radius 3 is 2.66 bits per heavy atom. The molecule has 0 aromatic carbocycles. The van der Waals surface area contributed by atoms with E-state index in [1.807, 2.05) is 23.1 Å². The fourth-order valence-corrected chi connectivity index (χ4v) is 5.13. The van der Waals surface area contributed by atoms with Crippen LogP contribution >= 0.6 is 0 Å². The number of carbonyl (C=O) groups is 1. The van der Waals surface area contributed by atoms with Gasteiger partial charge < -0.3 is 15.0 Å². The Bertz CT molecular complexity index is 1470. The number of alkyl halides is 3. The van der Waals surface area contributed by atoms with Crippen molar-refractivity contribution in [3.05, 3.63) is 54.3 Å². The van der Waals surface area contributed by atoms with Crippen LogP contribution in [0.1, 0.15) is 40.9 Å². The van der Waals surface area contributed by atoms with Gasteiger partial charge >= 0.3 is 6.18 Å². The number of likely N-dealkylation sites (tertiary alicyclic amines) is 2. The number of piperidine rings is 1. The number of nitrogens with one attached hydrogen (secondary N) is 1. The molecule has 0 saturated carbocycles. The van der Waals surface area contributed by atoms with Gasteiger partial charge in [-0.1, -0.05) is 0 Å². The minimum atomic E-state index is -4.81. The van der Waals surface area contributed by atoms with Crippen LogP contribution in [0.3, 0.4) is 0 Å². The summed E-state index contributed by atoms with van der Waals surface area (Å²) in [6.07, 6.45) is 3.77. The van der Waals surface area contributed by atoms with Crippen LogP contribution in [0.2, 0.25) is 0 Å². The number of aromatic nitrogens is 7. The van der Waals surface area contributed by atoms with Crippen molar-refractivity contribution in [1.82, 2.24) is 44.5 Å². The standard InChI is InChI=1S/C24H24F3N9O2/c25-24(26,27)23-32-15(12-37)7-19(33-23)22(38)34-5-2-16(3-6-34)35-10-17(11-35)36-9-14(8-31-36)20-18-1-4-28-21(18)30-13-29-20/h1,4,7-9,13,16-17,37H,2-3,5-6,10-12H2,(H,28,29,30). The quantitative estimate of drug-likeness (QED) is 0.405. The summed E-state index contributed by atoms with van der Waals surface area (Å²) in [6, 6.07) is 3.56. The van der Waals surface area contributed by atoms with Gasteiger partial charge in [0, 0.05) is 55.6 Å². The van der Waals surface area contributed by atoms with Crippen molar-refractivity contribution >= 4 is 16.9 Å². The summed E-state index contributed by atoms with van der Waals surface area (Å²) in [5, 5.41) is 14.8. The molecule has 0 unspecified atom stereocenters. The van der Waals surface area contributed by atoms with Crippen LogP contribution < -0.4 is 0 Å². The summed E-state index contributed by atoms with van der Waals surface area (Å²) in [4.78, 5) is 35.2. The Hall–Kier alpha value is -3.91. The van der Waals surface area contributed by atoms with Crippen LogP contribution in [-0.4, -0.2) is 87.7 Å². The fourth-order valence-electron chi connectivity index (χ4n) is 5.13. The lowest BCUT2D eigenvalue weighted by Crippen LogP contribution is -2.56. The Balaban J connectivity index is 1.05. The first kappa shape index (κ1) is 24.4. The molecule has 0 atom stereocenters. The molecule has 11 nitrogen and oxygen atoms in total. The van der Waals surface area contributed by atoms with Crippen molar-refractivity contribution < 1.29 is 23.1 Å². The second-order valence-electron chi connectivity index (χ2n) is 9.53. The molecule has 38 heavy (non-hydrogen) atoms. The highest BCUT2D eigenvalue weighted by Crippen LogP contribution is 2.31. The zero-order valence-electron chi connectivity index (χ0n) is 20.1. The van der Waals surface area contributed by atoms with E-state index < -0.39 is 24.5 Å². The number of hydrogen-bond donors (Lipinski definition) is 2. The minimum Gasteiger partial charge on any atom is -0.390 e. The monoisotopic (exact) mass is 527 g/mol. The van der Waals surface area contributed by atoms with E-state index in [0.717, 1.165) is 41.4 Å². The van der Waals surface area contributed by atoms with Gasteiger partial charge in [0.1, 0.15) is 17.7 Å². The predicted molar refractivity (Wildman–Crippen MR) is 128 cm³/mol. The number of hydrogen-bond acceptors (Lipinski definition) is 8. The molecular weight excluding hydrogens is 503 g/mol. The van der Waals surface area contributed by atoms with Crippen LogP contribution in [-0.2, 0) is 12.8 Å². The molecule has 4 aromatic heterocycles. The smallest absolute Gasteiger partial charge is 0.390 e. The van der Waals surface area contributed by atoms with E-state index in [1.54, 1.807) is 6.20 Å². The van der Waals surface area contributed by atoms with E-state index >= 15 is 0 Å². The van der Waals surface area contributed by atoms with Crippen LogP contribution in [0.25, 0.3) is 22.3 Å². The minimum absolute atomic E-state index is 0.227. The summed E-state index contributed by atoms with van der Waals surface area (Å²) in [5.41, 5.74) is 1.93. The van der Waals surface area contributed by atoms with Crippen molar-refractivity contribution in [2.75, 3.05) is 26.2 Å². The molecule has 1 amide bonds. The second kappa shape index (κ2) is 9.44. The van der Waals surface area contributed by atoms with Gasteiger partial charge in [0.2, 0.25) is 5.82 Å². The van der Waals surface area contributed by atoms with Gasteiger partial charge in [-0.3, -0.25) is 14.4 Å². The molecule has 4 aromatic rings. The molecule has 0 bridgehead atoms. The topological polar surface area (TPSA) is 129 Å². The van der Waals surface area contributed by atoms with Crippen LogP contribution in [0, 0.1) is 0 Å². The maximum Gasteiger partial charge on any atom is 0.451 e. The molecule has 2 aliphatic rings. The van der Waals surface area contributed by atoms with Crippen molar-refractivity contribution in [2.45, 2.75) is 37.7 Å². The lowest BCUT2D eigenvalue weighted by molar-refractivity contribution is -0.145. The highest BCUT2D eigenvalue weighted by Gasteiger charge is 2.38. The molecule has 2 fully saturated rings. The number of halogens is 3. The Kier molecular flexibility index (Phi) is 6.07. The molecule has 6 heterocycles. The Morgan fingerprint density at radius 1 is 1.13 bits per heavy atom. The summed E-state index contributed by atoms with van der Waals surface area (Å²) in [6.45, 7) is 1.76. The second-order valence-corrected chi connectivity index (χ2v) is 9.53. The normalized spacial score (nSPS) is 17.7. The Labute approximate surface area is 214 Å². The Morgan fingerprint density at radius 2 is 1.92 bits per heavy atom. The summed E-state index contributed by atoms with van der Waals surface area (Å²) in [5.74, 6) is -2.01. The van der Waals surface area contributed by atoms with Crippen molar-refractivity contribution in [2.24, 2.45) is 0 Å². The number of H-pyrrole nitrogens is 1.